The van der Waals surface area contributed by atoms with E-state index in [4.69, 9.17) is 14.2 Å². The molecule has 0 saturated carbocycles. The van der Waals surface area contributed by atoms with Crippen molar-refractivity contribution in [1.29, 1.82) is 0 Å². The van der Waals surface area contributed by atoms with Crippen LogP contribution in [-0.4, -0.2) is 30.4 Å². The number of hydrogen-bond donors (Lipinski definition) is 0. The Bertz CT molecular complexity index is 961. The second-order valence-electron chi connectivity index (χ2n) is 5.81. The number of aryl methyl sites for hydroxylation is 1. The Morgan fingerprint density at radius 3 is 2.59 bits per heavy atom. The maximum atomic E-state index is 12.6. The summed E-state index contributed by atoms with van der Waals surface area (Å²) in [5.74, 6) is -0.258. The van der Waals surface area contributed by atoms with Crippen molar-refractivity contribution in [3.05, 3.63) is 69.0 Å². The minimum atomic E-state index is -0.567. The smallest absolute Gasteiger partial charge is 0.337 e. The van der Waals surface area contributed by atoms with Crippen LogP contribution in [0.5, 0.6) is 11.5 Å². The fourth-order valence-electron chi connectivity index (χ4n) is 2.66. The van der Waals surface area contributed by atoms with Gasteiger partial charge in [0.15, 0.2) is 5.76 Å². The molecule has 27 heavy (non-hydrogen) atoms. The zero-order chi connectivity index (χ0) is 19.6. The zero-order valence-corrected chi connectivity index (χ0v) is 14.6. The highest BCUT2D eigenvalue weighted by Gasteiger charge is 2.30. The van der Waals surface area contributed by atoms with Gasteiger partial charge in [-0.25, -0.2) is 4.79 Å². The molecule has 0 aliphatic carbocycles. The van der Waals surface area contributed by atoms with Gasteiger partial charge in [-0.15, -0.1) is 0 Å². The summed E-state index contributed by atoms with van der Waals surface area (Å²) in [5, 5.41) is 10.7. The minimum absolute atomic E-state index is 0.0440. The van der Waals surface area contributed by atoms with E-state index in [1.165, 1.54) is 43.5 Å². The number of ketones is 1. The zero-order valence-electron chi connectivity index (χ0n) is 14.6. The van der Waals surface area contributed by atoms with Gasteiger partial charge in [-0.1, -0.05) is 0 Å². The van der Waals surface area contributed by atoms with E-state index in [1.807, 2.05) is 0 Å². The van der Waals surface area contributed by atoms with Crippen LogP contribution in [0.1, 0.15) is 21.5 Å². The van der Waals surface area contributed by atoms with E-state index in [9.17, 15) is 19.7 Å². The number of hydrogen-bond acceptors (Lipinski definition) is 7. The summed E-state index contributed by atoms with van der Waals surface area (Å²) in [6.07, 6.45) is 1.50. The molecule has 8 nitrogen and oxygen atoms in total. The number of allylic oxidation sites excluding steroid dienone is 1. The van der Waals surface area contributed by atoms with E-state index in [-0.39, 0.29) is 35.3 Å². The molecule has 0 bridgehead atoms. The summed E-state index contributed by atoms with van der Waals surface area (Å²) < 4.78 is 15.5. The maximum absolute atomic E-state index is 12.6. The molecular weight excluding hydrogens is 354 g/mol. The first-order valence-corrected chi connectivity index (χ1v) is 7.92. The summed E-state index contributed by atoms with van der Waals surface area (Å²) >= 11 is 0. The first kappa shape index (κ1) is 18.3. The van der Waals surface area contributed by atoms with Crippen LogP contribution in [-0.2, 0) is 9.53 Å². The van der Waals surface area contributed by atoms with Crippen molar-refractivity contribution in [3.8, 4) is 11.5 Å². The molecule has 2 aromatic rings. The van der Waals surface area contributed by atoms with Crippen molar-refractivity contribution >= 4 is 23.5 Å². The standard InChI is InChI=1S/C19H15NO7/c1-11-7-14(26-17(21)10-25-2)9-15-18(11)19(22)16(27-15)8-12-3-5-13(6-4-12)20(23)24/h3-9H,10H2,1-2H3/b16-8-. The maximum Gasteiger partial charge on any atom is 0.337 e. The molecule has 1 aliphatic heterocycles. The lowest BCUT2D eigenvalue weighted by atomic mass is 10.0. The van der Waals surface area contributed by atoms with Crippen LogP contribution in [0.15, 0.2) is 42.2 Å². The molecular formula is C19H15NO7. The SMILES string of the molecule is COCC(=O)Oc1cc(C)c2c(c1)O/C(=C\c1ccc([N+](=O)[O-])cc1)C2=O. The third-order valence-corrected chi connectivity index (χ3v) is 3.84. The van der Waals surface area contributed by atoms with Gasteiger partial charge in [-0.05, 0) is 42.3 Å². The molecule has 0 fully saturated rings. The van der Waals surface area contributed by atoms with Gasteiger partial charge >= 0.3 is 5.97 Å². The molecule has 0 amide bonds. The molecule has 0 unspecified atom stereocenters. The fourth-order valence-corrected chi connectivity index (χ4v) is 2.66. The third kappa shape index (κ3) is 3.85. The number of benzene rings is 2. The molecule has 0 aromatic heterocycles. The van der Waals surface area contributed by atoms with E-state index in [1.54, 1.807) is 13.0 Å². The van der Waals surface area contributed by atoms with Crippen molar-refractivity contribution in [1.82, 2.24) is 0 Å². The number of nitro groups is 1. The van der Waals surface area contributed by atoms with Crippen LogP contribution in [0.3, 0.4) is 0 Å². The van der Waals surface area contributed by atoms with Crippen molar-refractivity contribution in [2.24, 2.45) is 0 Å². The Morgan fingerprint density at radius 1 is 1.26 bits per heavy atom. The normalized spacial score (nSPS) is 14.0. The molecule has 8 heteroatoms. The number of Topliss-reactive ketones (excluding diaryl/α,β-unsaturated/α-hetero) is 1. The second kappa shape index (κ2) is 7.38. The number of carbonyl (C=O) groups is 2. The monoisotopic (exact) mass is 369 g/mol. The lowest BCUT2D eigenvalue weighted by Crippen LogP contribution is -2.14. The van der Waals surface area contributed by atoms with Crippen LogP contribution in [0.4, 0.5) is 5.69 Å². The number of fused-ring (bicyclic) bond motifs is 1. The number of rotatable bonds is 5. The Kier molecular flexibility index (Phi) is 5.00. The highest BCUT2D eigenvalue weighted by atomic mass is 16.6. The molecule has 1 aliphatic rings. The number of nitrogens with zero attached hydrogens (tertiary/aromatic N) is 1. The topological polar surface area (TPSA) is 105 Å². The van der Waals surface area contributed by atoms with Gasteiger partial charge in [-0.3, -0.25) is 14.9 Å². The van der Waals surface area contributed by atoms with E-state index in [0.29, 0.717) is 16.7 Å². The van der Waals surface area contributed by atoms with Crippen molar-refractivity contribution in [3.63, 3.8) is 0 Å². The number of ether oxygens (including phenoxy) is 3. The first-order chi connectivity index (χ1) is 12.9. The molecule has 0 atom stereocenters. The molecule has 0 radical (unpaired) electrons. The van der Waals surface area contributed by atoms with Crippen LogP contribution in [0, 0.1) is 17.0 Å². The quantitative estimate of drug-likeness (QED) is 0.262. The van der Waals surface area contributed by atoms with Crippen LogP contribution in [0.25, 0.3) is 6.08 Å². The summed E-state index contributed by atoms with van der Waals surface area (Å²) in [6.45, 7) is 1.52. The van der Waals surface area contributed by atoms with Gasteiger partial charge in [0, 0.05) is 25.3 Å². The van der Waals surface area contributed by atoms with Gasteiger partial charge in [0.25, 0.3) is 5.69 Å². The molecule has 2 aromatic carbocycles. The predicted octanol–water partition coefficient (Wildman–Crippen LogP) is 3.07. The molecule has 3 rings (SSSR count). The van der Waals surface area contributed by atoms with E-state index in [2.05, 4.69) is 0 Å². The highest BCUT2D eigenvalue weighted by molar-refractivity contribution is 6.15. The summed E-state index contributed by atoms with van der Waals surface area (Å²) in [5.41, 5.74) is 1.53. The summed E-state index contributed by atoms with van der Waals surface area (Å²) in [4.78, 5) is 34.4. The van der Waals surface area contributed by atoms with E-state index < -0.39 is 10.9 Å². The van der Waals surface area contributed by atoms with Crippen molar-refractivity contribution in [2.75, 3.05) is 13.7 Å². The molecule has 0 saturated heterocycles. The summed E-state index contributed by atoms with van der Waals surface area (Å²) in [7, 11) is 1.38. The number of nitro benzene ring substituents is 1. The van der Waals surface area contributed by atoms with E-state index in [0.717, 1.165) is 0 Å². The van der Waals surface area contributed by atoms with Crippen molar-refractivity contribution < 1.29 is 28.7 Å². The lowest BCUT2D eigenvalue weighted by Gasteiger charge is -2.07. The first-order valence-electron chi connectivity index (χ1n) is 7.92. The lowest BCUT2D eigenvalue weighted by molar-refractivity contribution is -0.384. The summed E-state index contributed by atoms with van der Waals surface area (Å²) in [6, 6.07) is 8.77. The Hall–Kier alpha value is -3.52. The number of methoxy groups -OCH3 is 1. The predicted molar refractivity (Wildman–Crippen MR) is 94.7 cm³/mol. The minimum Gasteiger partial charge on any atom is -0.452 e. The largest absolute Gasteiger partial charge is 0.452 e. The van der Waals surface area contributed by atoms with Crippen LogP contribution >= 0.6 is 0 Å². The number of carbonyl (C=O) groups excluding carboxylic acids is 2. The second-order valence-corrected chi connectivity index (χ2v) is 5.81. The Balaban J connectivity index is 1.86. The Morgan fingerprint density at radius 2 is 1.96 bits per heavy atom. The molecule has 0 N–H and O–H groups in total. The highest BCUT2D eigenvalue weighted by Crippen LogP contribution is 2.37. The Labute approximate surface area is 154 Å². The fraction of sp³-hybridized carbons (Fsp3) is 0.158. The van der Waals surface area contributed by atoms with Gasteiger partial charge in [0.2, 0.25) is 5.78 Å². The number of non-ortho nitro benzene ring substituents is 1. The van der Waals surface area contributed by atoms with Crippen molar-refractivity contribution in [2.45, 2.75) is 6.92 Å². The number of esters is 1. The van der Waals surface area contributed by atoms with Gasteiger partial charge in [-0.2, -0.15) is 0 Å². The van der Waals surface area contributed by atoms with Gasteiger partial charge < -0.3 is 14.2 Å². The average molecular weight is 369 g/mol. The van der Waals surface area contributed by atoms with Gasteiger partial charge in [0.1, 0.15) is 18.1 Å². The van der Waals surface area contributed by atoms with E-state index >= 15 is 0 Å². The molecule has 1 heterocycles. The van der Waals surface area contributed by atoms with Gasteiger partial charge in [0.05, 0.1) is 10.5 Å². The molecule has 138 valence electrons. The van der Waals surface area contributed by atoms with Crippen LogP contribution in [0.2, 0.25) is 0 Å². The average Bonchev–Trinajstić information content (AvgIpc) is 2.91. The van der Waals surface area contributed by atoms with Crippen LogP contribution < -0.4 is 9.47 Å². The molecule has 0 spiro atoms. The third-order valence-electron chi connectivity index (χ3n) is 3.84.